The average Bonchev–Trinajstić information content (AvgIpc) is 3.49. The monoisotopic (exact) mass is 595 g/mol. The lowest BCUT2D eigenvalue weighted by Gasteiger charge is -2.35. The van der Waals surface area contributed by atoms with Crippen LogP contribution in [-0.2, 0) is 33.8 Å². The molecule has 2 atom stereocenters. The molecule has 1 aromatic carbocycles. The fourth-order valence-electron chi connectivity index (χ4n) is 4.98. The molecule has 0 radical (unpaired) electrons. The normalized spacial score (nSPS) is 18.1. The molecule has 1 fully saturated rings. The van der Waals surface area contributed by atoms with Gasteiger partial charge in [0.15, 0.2) is 0 Å². The smallest absolute Gasteiger partial charge is 0.490 e. The van der Waals surface area contributed by atoms with E-state index in [2.05, 4.69) is 19.9 Å². The molecule has 2 aliphatic rings. The minimum Gasteiger partial charge on any atom is -0.494 e. The van der Waals surface area contributed by atoms with Gasteiger partial charge in [-0.3, -0.25) is 4.21 Å². The molecule has 41 heavy (non-hydrogen) atoms. The first kappa shape index (κ1) is 28.9. The summed E-state index contributed by atoms with van der Waals surface area (Å²) in [5.74, 6) is 0.208. The van der Waals surface area contributed by atoms with Gasteiger partial charge in [0.05, 0.1) is 35.2 Å². The molecule has 222 valence electrons. The van der Waals surface area contributed by atoms with Crippen LogP contribution in [0.3, 0.4) is 0 Å². The highest BCUT2D eigenvalue weighted by Crippen LogP contribution is 2.32. The van der Waals surface area contributed by atoms with Gasteiger partial charge >= 0.3 is 12.1 Å². The molecule has 1 saturated heterocycles. The van der Waals surface area contributed by atoms with Gasteiger partial charge in [-0.2, -0.15) is 18.2 Å². The molecule has 15 heteroatoms. The van der Waals surface area contributed by atoms with Crippen LogP contribution < -0.4 is 19.9 Å². The van der Waals surface area contributed by atoms with Gasteiger partial charge in [-0.15, -0.1) is 0 Å². The first-order valence-electron chi connectivity index (χ1n) is 13.3. The van der Waals surface area contributed by atoms with E-state index in [-0.39, 0.29) is 5.92 Å². The molecular weight excluding hydrogens is 563 g/mol. The number of piperazine rings is 1. The second kappa shape index (κ2) is 11.3. The van der Waals surface area contributed by atoms with Crippen LogP contribution in [0, 0.1) is 5.92 Å². The van der Waals surface area contributed by atoms with Gasteiger partial charge in [0, 0.05) is 45.4 Å². The van der Waals surface area contributed by atoms with E-state index in [4.69, 9.17) is 14.7 Å². The van der Waals surface area contributed by atoms with E-state index in [1.807, 2.05) is 34.7 Å². The number of rotatable bonds is 8. The number of benzene rings is 1. The van der Waals surface area contributed by atoms with Gasteiger partial charge in [-0.25, -0.2) is 14.8 Å². The van der Waals surface area contributed by atoms with Crippen LogP contribution in [0.25, 0.3) is 11.0 Å². The Kier molecular flexibility index (Phi) is 7.99. The van der Waals surface area contributed by atoms with E-state index in [0.717, 1.165) is 17.0 Å². The summed E-state index contributed by atoms with van der Waals surface area (Å²) in [5, 5.41) is 3.11. The van der Waals surface area contributed by atoms with Crippen molar-refractivity contribution < 1.29 is 31.6 Å². The molecule has 1 unspecified atom stereocenters. The molecule has 11 nitrogen and oxygen atoms in total. The minimum absolute atomic E-state index is 0.213. The Morgan fingerprint density at radius 1 is 1.12 bits per heavy atom. The van der Waals surface area contributed by atoms with Gasteiger partial charge in [-0.1, -0.05) is 19.9 Å². The van der Waals surface area contributed by atoms with Crippen molar-refractivity contribution in [3.8, 4) is 5.75 Å². The third kappa shape index (κ3) is 5.76. The Morgan fingerprint density at radius 3 is 2.49 bits per heavy atom. The lowest BCUT2D eigenvalue weighted by Crippen LogP contribution is -2.48. The van der Waals surface area contributed by atoms with Crippen LogP contribution in [0.15, 0.2) is 23.1 Å². The topological polar surface area (TPSA) is 115 Å². The number of hydrogen-bond donors (Lipinski definition) is 1. The third-order valence-corrected chi connectivity index (χ3v) is 8.80. The molecule has 0 aliphatic carbocycles. The van der Waals surface area contributed by atoms with E-state index < -0.39 is 35.6 Å². The van der Waals surface area contributed by atoms with Crippen molar-refractivity contribution in [1.82, 2.24) is 19.5 Å². The summed E-state index contributed by atoms with van der Waals surface area (Å²) in [5.41, 5.74) is 2.41. The van der Waals surface area contributed by atoms with Crippen molar-refractivity contribution in [2.24, 2.45) is 13.0 Å². The summed E-state index contributed by atoms with van der Waals surface area (Å²) >= 11 is 0. The van der Waals surface area contributed by atoms with E-state index in [1.165, 1.54) is 0 Å². The molecule has 4 heterocycles. The number of nitrogens with zero attached hydrogens (tertiary/aromatic N) is 6. The highest BCUT2D eigenvalue weighted by atomic mass is 32.2. The second-order valence-electron chi connectivity index (χ2n) is 10.3. The zero-order chi connectivity index (χ0) is 29.5. The predicted molar refractivity (Wildman–Crippen MR) is 148 cm³/mol. The first-order valence-corrected chi connectivity index (χ1v) is 14.6. The number of imidazole rings is 1. The van der Waals surface area contributed by atoms with Gasteiger partial charge in [0.2, 0.25) is 11.9 Å². The summed E-state index contributed by atoms with van der Waals surface area (Å²) in [6.07, 6.45) is -4.58. The number of para-hydroxylation sites is 1. The number of fused-ring (bicyclic) bond motifs is 2. The Labute approximate surface area is 237 Å². The standard InChI is InChI=1S/C26H32F3N7O4S/c1-15(2)17(14-40-23(37)26(27,28)29)30-22-21-16(8-13-41(21)38)31-24(33-22)35-9-11-36(12-10-35)25-32-20-18(34(25)3)6-5-7-19(20)39-4/h5-7,15,17H,8-14H2,1-4H3,(H,30,31,33)/t17?,41-/m1/s1. The number of hydrogen-bond acceptors (Lipinski definition) is 10. The number of carbonyl (C=O) groups is 1. The zero-order valence-corrected chi connectivity index (χ0v) is 24.0. The summed E-state index contributed by atoms with van der Waals surface area (Å²) in [7, 11) is 2.24. The van der Waals surface area contributed by atoms with Crippen molar-refractivity contribution in [3.05, 3.63) is 23.9 Å². The number of carbonyl (C=O) groups excluding carboxylic acids is 1. The van der Waals surface area contributed by atoms with Crippen molar-refractivity contribution >= 4 is 45.5 Å². The lowest BCUT2D eigenvalue weighted by atomic mass is 10.1. The highest BCUT2D eigenvalue weighted by molar-refractivity contribution is 7.85. The minimum atomic E-state index is -5.08. The molecule has 1 N–H and O–H groups in total. The van der Waals surface area contributed by atoms with Crippen LogP contribution in [0.4, 0.5) is 30.9 Å². The quantitative estimate of drug-likeness (QED) is 0.390. The maximum Gasteiger partial charge on any atom is 0.490 e. The summed E-state index contributed by atoms with van der Waals surface area (Å²) in [6, 6.07) is 5.12. The number of halogens is 3. The van der Waals surface area contributed by atoms with Gasteiger partial charge in [0.25, 0.3) is 0 Å². The van der Waals surface area contributed by atoms with Crippen molar-refractivity contribution in [2.45, 2.75) is 37.4 Å². The molecule has 0 spiro atoms. The molecule has 5 rings (SSSR count). The van der Waals surface area contributed by atoms with Gasteiger partial charge in [-0.05, 0) is 18.1 Å². The molecule has 0 amide bonds. The van der Waals surface area contributed by atoms with Gasteiger partial charge in [0.1, 0.15) is 28.6 Å². The van der Waals surface area contributed by atoms with Crippen molar-refractivity contribution in [1.29, 1.82) is 0 Å². The van der Waals surface area contributed by atoms with Gasteiger partial charge < -0.3 is 29.2 Å². The number of ether oxygens (including phenoxy) is 2. The molecule has 0 saturated carbocycles. The molecule has 0 bridgehead atoms. The fraction of sp³-hybridized carbons (Fsp3) is 0.538. The van der Waals surface area contributed by atoms with Crippen LogP contribution in [0.1, 0.15) is 19.5 Å². The number of nitrogens with one attached hydrogen (secondary N) is 1. The number of methoxy groups -OCH3 is 1. The molecule has 2 aliphatic heterocycles. The predicted octanol–water partition coefficient (Wildman–Crippen LogP) is 2.90. The van der Waals surface area contributed by atoms with Crippen LogP contribution in [0.5, 0.6) is 5.75 Å². The zero-order valence-electron chi connectivity index (χ0n) is 23.2. The van der Waals surface area contributed by atoms with E-state index >= 15 is 0 Å². The Balaban J connectivity index is 1.35. The maximum absolute atomic E-state index is 12.8. The van der Waals surface area contributed by atoms with Crippen LogP contribution in [0.2, 0.25) is 0 Å². The molecular formula is C26H32F3N7O4S. The molecule has 3 aromatic rings. The molecule has 2 aromatic heterocycles. The second-order valence-corrected chi connectivity index (χ2v) is 11.8. The summed E-state index contributed by atoms with van der Waals surface area (Å²) < 4.78 is 62.9. The maximum atomic E-state index is 12.8. The first-order chi connectivity index (χ1) is 19.5. The number of esters is 1. The number of alkyl halides is 3. The Hall–Kier alpha value is -3.62. The summed E-state index contributed by atoms with van der Waals surface area (Å²) in [6.45, 7) is 5.55. The number of anilines is 3. The third-order valence-electron chi connectivity index (χ3n) is 7.34. The van der Waals surface area contributed by atoms with E-state index in [0.29, 0.717) is 66.5 Å². The average molecular weight is 596 g/mol. The summed E-state index contributed by atoms with van der Waals surface area (Å²) in [4.78, 5) is 30.2. The van der Waals surface area contributed by atoms with E-state index in [9.17, 15) is 22.2 Å². The number of aryl methyl sites for hydroxylation is 2. The van der Waals surface area contributed by atoms with Crippen molar-refractivity contribution in [2.75, 3.05) is 60.8 Å². The lowest BCUT2D eigenvalue weighted by molar-refractivity contribution is -0.200. The van der Waals surface area contributed by atoms with Crippen LogP contribution >= 0.6 is 0 Å². The van der Waals surface area contributed by atoms with Crippen molar-refractivity contribution in [3.63, 3.8) is 0 Å². The number of aromatic nitrogens is 4. The largest absolute Gasteiger partial charge is 0.494 e. The Morgan fingerprint density at radius 2 is 1.83 bits per heavy atom. The van der Waals surface area contributed by atoms with Crippen LogP contribution in [-0.4, -0.2) is 87.6 Å². The SMILES string of the molecule is COc1cccc2c1nc(N1CCN(c3nc4c(c(NC(COC(=O)C(F)(F)F)C(C)C)n3)[S@](=O)CC4)CC1)n2C. The fourth-order valence-corrected chi connectivity index (χ4v) is 6.29. The Bertz CT molecular complexity index is 1470. The van der Waals surface area contributed by atoms with E-state index in [1.54, 1.807) is 21.0 Å². The highest BCUT2D eigenvalue weighted by Gasteiger charge is 2.41.